The lowest BCUT2D eigenvalue weighted by atomic mass is 9.76. The molecule has 3 fully saturated rings. The van der Waals surface area contributed by atoms with Crippen LogP contribution in [0.5, 0.6) is 0 Å². The van der Waals surface area contributed by atoms with Crippen molar-refractivity contribution in [2.45, 2.75) is 103 Å². The first-order chi connectivity index (χ1) is 24.5. The van der Waals surface area contributed by atoms with Crippen LogP contribution < -0.4 is 10.6 Å². The molecule has 1 saturated heterocycles. The Morgan fingerprint density at radius 3 is 2.39 bits per heavy atom. The molecule has 3 amide bonds. The number of carbonyl (C=O) groups excluding carboxylic acids is 4. The van der Waals surface area contributed by atoms with Gasteiger partial charge in [0.15, 0.2) is 0 Å². The van der Waals surface area contributed by atoms with Crippen molar-refractivity contribution in [3.63, 3.8) is 0 Å². The highest BCUT2D eigenvalue weighted by Gasteiger charge is 2.46. The Morgan fingerprint density at radius 1 is 0.902 bits per heavy atom. The molecule has 1 aliphatic heterocycles. The summed E-state index contributed by atoms with van der Waals surface area (Å²) in [5.74, 6) is 0.138. The Hall–Kier alpha value is -3.64. The summed E-state index contributed by atoms with van der Waals surface area (Å²) in [4.78, 5) is 54.9. The maximum Gasteiger partial charge on any atom is 0.407 e. The molecule has 51 heavy (non-hydrogen) atoms. The number of benzene rings is 1. The van der Waals surface area contributed by atoms with Crippen molar-refractivity contribution in [2.75, 3.05) is 51.9 Å². The Balaban J connectivity index is 1.19. The smallest absolute Gasteiger partial charge is 0.407 e. The summed E-state index contributed by atoms with van der Waals surface area (Å²) in [6, 6.07) is 6.38. The van der Waals surface area contributed by atoms with Gasteiger partial charge in [-0.2, -0.15) is 0 Å². The monoisotopic (exact) mass is 711 g/mol. The van der Waals surface area contributed by atoms with E-state index in [0.29, 0.717) is 67.8 Å². The number of hydrogen-bond acceptors (Lipinski definition) is 9. The average molecular weight is 712 g/mol. The van der Waals surface area contributed by atoms with E-state index < -0.39 is 23.7 Å². The van der Waals surface area contributed by atoms with Gasteiger partial charge in [0.2, 0.25) is 17.6 Å². The van der Waals surface area contributed by atoms with E-state index in [1.807, 2.05) is 25.7 Å². The highest BCUT2D eigenvalue weighted by Crippen LogP contribution is 2.41. The van der Waals surface area contributed by atoms with Crippen LogP contribution >= 0.6 is 0 Å². The molecule has 5 rings (SSSR count). The Labute approximate surface area is 301 Å². The molecule has 12 heteroatoms. The molecule has 0 spiro atoms. The van der Waals surface area contributed by atoms with Crippen LogP contribution in [0.4, 0.5) is 10.5 Å². The number of esters is 1. The molecule has 0 radical (unpaired) electrons. The predicted octanol–water partition coefficient (Wildman–Crippen LogP) is 6.71. The molecule has 1 aromatic carbocycles. The lowest BCUT2D eigenvalue weighted by Gasteiger charge is -2.36. The van der Waals surface area contributed by atoms with Crippen molar-refractivity contribution < 1.29 is 42.5 Å². The van der Waals surface area contributed by atoms with E-state index in [1.54, 1.807) is 31.4 Å². The fraction of sp³-hybridized carbons (Fsp3) is 0.692. The van der Waals surface area contributed by atoms with E-state index >= 15 is 0 Å². The molecule has 282 valence electrons. The largest absolute Gasteiger partial charge is 0.460 e. The van der Waals surface area contributed by atoms with Gasteiger partial charge in [-0.15, -0.1) is 0 Å². The van der Waals surface area contributed by atoms with Crippen LogP contribution in [0.15, 0.2) is 28.7 Å². The van der Waals surface area contributed by atoms with Crippen LogP contribution in [0.2, 0.25) is 0 Å². The molecule has 2 saturated carbocycles. The third kappa shape index (κ3) is 10.9. The first kappa shape index (κ1) is 38.6. The number of nitrogens with zero attached hydrogens (tertiary/aromatic N) is 1. The third-order valence-corrected chi connectivity index (χ3v) is 10.5. The Kier molecular flexibility index (Phi) is 13.8. The molecule has 2 N–H and O–H groups in total. The quantitative estimate of drug-likeness (QED) is 0.161. The zero-order valence-electron chi connectivity index (χ0n) is 30.8. The number of ether oxygens (including phenoxy) is 4. The zero-order valence-corrected chi connectivity index (χ0v) is 30.8. The van der Waals surface area contributed by atoms with Gasteiger partial charge in [-0.25, -0.2) is 9.59 Å². The number of furan rings is 1. The van der Waals surface area contributed by atoms with Crippen LogP contribution in [-0.2, 0) is 28.5 Å². The number of carbonyl (C=O) groups is 4. The number of likely N-dealkylation sites (tertiary alicyclic amines) is 1. The van der Waals surface area contributed by atoms with Crippen LogP contribution in [0, 0.1) is 23.7 Å². The summed E-state index contributed by atoms with van der Waals surface area (Å²) >= 11 is 0. The normalized spacial score (nSPS) is 22.9. The van der Waals surface area contributed by atoms with Crippen molar-refractivity contribution in [3.05, 3.63) is 30.0 Å². The minimum absolute atomic E-state index is 0.0713. The van der Waals surface area contributed by atoms with Gasteiger partial charge in [0.05, 0.1) is 19.8 Å². The molecule has 2 aliphatic carbocycles. The summed E-state index contributed by atoms with van der Waals surface area (Å²) in [6.07, 6.45) is 9.85. The van der Waals surface area contributed by atoms with Crippen LogP contribution in [0.3, 0.4) is 0 Å². The molecule has 2 atom stereocenters. The Morgan fingerprint density at radius 2 is 1.67 bits per heavy atom. The van der Waals surface area contributed by atoms with E-state index in [9.17, 15) is 19.2 Å². The first-order valence-corrected chi connectivity index (χ1v) is 18.9. The van der Waals surface area contributed by atoms with Crippen LogP contribution in [0.1, 0.15) is 102 Å². The molecule has 3 aliphatic rings. The van der Waals surface area contributed by atoms with Gasteiger partial charge in [-0.05, 0) is 94.9 Å². The van der Waals surface area contributed by atoms with Gasteiger partial charge in [0.25, 0.3) is 0 Å². The first-order valence-electron chi connectivity index (χ1n) is 18.9. The van der Waals surface area contributed by atoms with Gasteiger partial charge < -0.3 is 38.9 Å². The SMILES string of the molecule is COCCOCCCOC(=O)c1cc2cc(NC(=O)[C@H]3[C@H](C4CCCCC4)CCN3C(=O)C3CCC(CNC(=O)OC(C)(C)C)CC3)ccc2o1. The number of hydrogen-bond donors (Lipinski definition) is 2. The minimum atomic E-state index is -0.558. The standard InChI is InChI=1S/C39H57N3O9/c1-39(2,3)51-38(46)40-25-26-11-13-28(14-12-26)36(44)42-18-17-31(27-9-6-5-7-10-27)34(42)35(43)41-30-15-16-32-29(23-30)24-33(50-32)37(45)49-20-8-19-48-22-21-47-4/h15-16,23-24,26-28,31,34H,5-14,17-22,25H2,1-4H3,(H,40,46)(H,41,43)/t26?,28?,31-,34+/m0/s1. The maximum absolute atomic E-state index is 14.2. The second-order valence-corrected chi connectivity index (χ2v) is 15.4. The number of alkyl carbamates (subject to hydrolysis) is 1. The van der Waals surface area contributed by atoms with Gasteiger partial charge >= 0.3 is 12.1 Å². The van der Waals surface area contributed by atoms with E-state index in [1.165, 1.54) is 6.42 Å². The number of nitrogens with one attached hydrogen (secondary N) is 2. The van der Waals surface area contributed by atoms with Crippen LogP contribution in [-0.4, -0.2) is 87.0 Å². The molecule has 12 nitrogen and oxygen atoms in total. The summed E-state index contributed by atoms with van der Waals surface area (Å²) in [6.45, 7) is 8.31. The molecular formula is C39H57N3O9. The summed E-state index contributed by atoms with van der Waals surface area (Å²) in [7, 11) is 1.61. The predicted molar refractivity (Wildman–Crippen MR) is 192 cm³/mol. The van der Waals surface area contributed by atoms with Gasteiger partial charge in [-0.1, -0.05) is 32.1 Å². The highest BCUT2D eigenvalue weighted by molar-refractivity contribution is 6.00. The number of amides is 3. The molecule has 0 bridgehead atoms. The average Bonchev–Trinajstić information content (AvgIpc) is 3.75. The fourth-order valence-electron chi connectivity index (χ4n) is 7.92. The zero-order chi connectivity index (χ0) is 36.4. The maximum atomic E-state index is 14.2. The lowest BCUT2D eigenvalue weighted by Crippen LogP contribution is -2.49. The molecule has 0 unspecified atom stereocenters. The molecule has 2 heterocycles. The highest BCUT2D eigenvalue weighted by atomic mass is 16.6. The van der Waals surface area contributed by atoms with E-state index in [2.05, 4.69) is 10.6 Å². The Bertz CT molecular complexity index is 1470. The number of rotatable bonds is 14. The summed E-state index contributed by atoms with van der Waals surface area (Å²) in [5, 5.41) is 6.67. The molecular weight excluding hydrogens is 654 g/mol. The van der Waals surface area contributed by atoms with Crippen molar-refractivity contribution in [3.8, 4) is 0 Å². The van der Waals surface area contributed by atoms with Crippen molar-refractivity contribution in [1.82, 2.24) is 10.2 Å². The van der Waals surface area contributed by atoms with Gasteiger partial charge in [-0.3, -0.25) is 9.59 Å². The minimum Gasteiger partial charge on any atom is -0.460 e. The van der Waals surface area contributed by atoms with Gasteiger partial charge in [0, 0.05) is 50.2 Å². The molecule has 1 aromatic heterocycles. The number of anilines is 1. The second-order valence-electron chi connectivity index (χ2n) is 15.4. The topological polar surface area (TPSA) is 146 Å². The number of methoxy groups -OCH3 is 1. The van der Waals surface area contributed by atoms with Crippen molar-refractivity contribution in [1.29, 1.82) is 0 Å². The lowest BCUT2D eigenvalue weighted by molar-refractivity contribution is -0.142. The van der Waals surface area contributed by atoms with E-state index in [0.717, 1.165) is 57.8 Å². The van der Waals surface area contributed by atoms with Crippen molar-refractivity contribution >= 4 is 40.5 Å². The summed E-state index contributed by atoms with van der Waals surface area (Å²) < 4.78 is 26.8. The molecule has 2 aromatic rings. The van der Waals surface area contributed by atoms with Gasteiger partial charge in [0.1, 0.15) is 17.2 Å². The summed E-state index contributed by atoms with van der Waals surface area (Å²) in [5.41, 5.74) is 0.549. The number of fused-ring (bicyclic) bond motifs is 1. The van der Waals surface area contributed by atoms with Crippen molar-refractivity contribution in [2.24, 2.45) is 23.7 Å². The van der Waals surface area contributed by atoms with E-state index in [4.69, 9.17) is 23.4 Å². The third-order valence-electron chi connectivity index (χ3n) is 10.5. The van der Waals surface area contributed by atoms with E-state index in [-0.39, 0.29) is 36.0 Å². The fourth-order valence-corrected chi connectivity index (χ4v) is 7.92. The van der Waals surface area contributed by atoms with Crippen LogP contribution in [0.25, 0.3) is 11.0 Å². The second kappa shape index (κ2) is 18.2.